The number of halogens is 3. The summed E-state index contributed by atoms with van der Waals surface area (Å²) >= 11 is 0. The van der Waals surface area contributed by atoms with Gasteiger partial charge in [0.05, 0.1) is 37.0 Å². The van der Waals surface area contributed by atoms with Gasteiger partial charge in [0.1, 0.15) is 22.6 Å². The highest BCUT2D eigenvalue weighted by molar-refractivity contribution is 5.91. The Hall–Kier alpha value is -4.00. The fraction of sp³-hybridized carbons (Fsp3) is 0.500. The Bertz CT molecular complexity index is 1550. The van der Waals surface area contributed by atoms with E-state index in [1.165, 1.54) is 12.6 Å². The second kappa shape index (κ2) is 12.3. The molecule has 0 aromatic carbocycles. The monoisotopic (exact) mass is 598 g/mol. The van der Waals surface area contributed by atoms with E-state index in [0.29, 0.717) is 47.2 Å². The third-order valence-corrected chi connectivity index (χ3v) is 7.35. The Kier molecular flexibility index (Phi) is 8.72. The maximum Gasteiger partial charge on any atom is 0.421 e. The van der Waals surface area contributed by atoms with Crippen LogP contribution < -0.4 is 14.5 Å². The van der Waals surface area contributed by atoms with Gasteiger partial charge < -0.3 is 24.3 Å². The number of aromatic amines is 1. The van der Waals surface area contributed by atoms with E-state index in [0.717, 1.165) is 37.8 Å². The molecule has 1 aliphatic rings. The molecule has 5 heterocycles. The molecule has 10 nitrogen and oxygen atoms in total. The van der Waals surface area contributed by atoms with Gasteiger partial charge in [0.25, 0.3) is 0 Å². The molecule has 43 heavy (non-hydrogen) atoms. The van der Waals surface area contributed by atoms with E-state index in [1.807, 2.05) is 11.9 Å². The van der Waals surface area contributed by atoms with Crippen LogP contribution in [-0.2, 0) is 10.9 Å². The van der Waals surface area contributed by atoms with E-state index in [-0.39, 0.29) is 17.6 Å². The van der Waals surface area contributed by atoms with E-state index in [4.69, 9.17) is 14.5 Å². The molecule has 13 heteroatoms. The Balaban J connectivity index is 1.59. The maximum atomic E-state index is 13.9. The molecule has 4 aromatic heterocycles. The van der Waals surface area contributed by atoms with Crippen molar-refractivity contribution >= 4 is 22.7 Å². The zero-order valence-electron chi connectivity index (χ0n) is 25.1. The largest absolute Gasteiger partial charge is 0.478 e. The van der Waals surface area contributed by atoms with Crippen LogP contribution in [0.1, 0.15) is 45.6 Å². The van der Waals surface area contributed by atoms with Gasteiger partial charge in [-0.25, -0.2) is 24.9 Å². The predicted octanol–water partition coefficient (Wildman–Crippen LogP) is 5.99. The molecule has 0 atom stereocenters. The number of fused-ring (bicyclic) bond motifs is 1. The van der Waals surface area contributed by atoms with Crippen molar-refractivity contribution in [2.24, 2.45) is 5.41 Å². The first-order valence-electron chi connectivity index (χ1n) is 14.4. The van der Waals surface area contributed by atoms with Crippen molar-refractivity contribution in [3.05, 3.63) is 36.3 Å². The molecular formula is C30H37F3N8O2. The minimum Gasteiger partial charge on any atom is -0.478 e. The van der Waals surface area contributed by atoms with Crippen LogP contribution >= 0.6 is 0 Å². The van der Waals surface area contributed by atoms with Gasteiger partial charge >= 0.3 is 6.18 Å². The van der Waals surface area contributed by atoms with Gasteiger partial charge in [-0.1, -0.05) is 13.8 Å². The highest BCUT2D eigenvalue weighted by Crippen LogP contribution is 2.39. The summed E-state index contributed by atoms with van der Waals surface area (Å²) in [6.45, 7) is 8.85. The van der Waals surface area contributed by atoms with Gasteiger partial charge in [-0.15, -0.1) is 0 Å². The van der Waals surface area contributed by atoms with Crippen LogP contribution in [0.15, 0.2) is 30.7 Å². The number of ether oxygens (including phenoxy) is 2. The quantitative estimate of drug-likeness (QED) is 0.236. The lowest BCUT2D eigenvalue weighted by atomic mass is 9.94. The average molecular weight is 599 g/mol. The second-order valence-corrected chi connectivity index (χ2v) is 11.6. The normalized spacial score (nSPS) is 14.4. The third kappa shape index (κ3) is 6.82. The molecule has 1 aliphatic heterocycles. The number of alkyl halides is 3. The zero-order chi connectivity index (χ0) is 30.8. The number of rotatable bonds is 10. The van der Waals surface area contributed by atoms with Crippen LogP contribution in [0.3, 0.4) is 0 Å². The van der Waals surface area contributed by atoms with Crippen molar-refractivity contribution in [2.75, 3.05) is 56.8 Å². The summed E-state index contributed by atoms with van der Waals surface area (Å²) in [6, 6.07) is 2.76. The lowest BCUT2D eigenvalue weighted by Gasteiger charge is -2.31. The molecule has 4 aromatic rings. The number of aromatic nitrogens is 6. The summed E-state index contributed by atoms with van der Waals surface area (Å²) in [5.41, 5.74) is 1.52. The van der Waals surface area contributed by atoms with Crippen molar-refractivity contribution in [2.45, 2.75) is 46.2 Å². The lowest BCUT2D eigenvalue weighted by Crippen LogP contribution is -2.34. The Morgan fingerprint density at radius 2 is 1.74 bits per heavy atom. The highest BCUT2D eigenvalue weighted by Gasteiger charge is 2.36. The topological polar surface area (TPSA) is 105 Å². The minimum absolute atomic E-state index is 0.0593. The number of hydrogen-bond acceptors (Lipinski definition) is 9. The summed E-state index contributed by atoms with van der Waals surface area (Å²) < 4.78 is 52.4. The van der Waals surface area contributed by atoms with Crippen molar-refractivity contribution < 1.29 is 22.6 Å². The number of H-pyrrole nitrogens is 1. The lowest BCUT2D eigenvalue weighted by molar-refractivity contribution is -0.139. The average Bonchev–Trinajstić information content (AvgIpc) is 3.41. The molecule has 1 N–H and O–H groups in total. The molecule has 0 unspecified atom stereocenters. The SMILES string of the molecule is CCOc1ncc(-c2cc(N(C)CC(C)(C)COC)c3[nH]c(-c4cnc(N5CCCCC5)cn4)nc3n2)cc1C(F)(F)F. The fourth-order valence-electron chi connectivity index (χ4n) is 5.48. The van der Waals surface area contributed by atoms with E-state index in [9.17, 15) is 13.2 Å². The van der Waals surface area contributed by atoms with Crippen LogP contribution in [0.2, 0.25) is 0 Å². The number of methoxy groups -OCH3 is 1. The van der Waals surface area contributed by atoms with E-state index in [2.05, 4.69) is 43.7 Å². The number of anilines is 2. The van der Waals surface area contributed by atoms with Crippen molar-refractivity contribution in [1.82, 2.24) is 29.9 Å². The number of imidazole rings is 1. The molecule has 1 saturated heterocycles. The van der Waals surface area contributed by atoms with Crippen LogP contribution in [0, 0.1) is 5.41 Å². The summed E-state index contributed by atoms with van der Waals surface area (Å²) in [5, 5.41) is 0. The van der Waals surface area contributed by atoms with Crippen LogP contribution in [-0.4, -0.2) is 76.9 Å². The number of hydrogen-bond donors (Lipinski definition) is 1. The number of nitrogens with one attached hydrogen (secondary N) is 1. The van der Waals surface area contributed by atoms with Gasteiger partial charge in [-0.05, 0) is 38.3 Å². The molecule has 1 fully saturated rings. The summed E-state index contributed by atoms with van der Waals surface area (Å²) in [5.74, 6) is 0.820. The number of pyridine rings is 2. The molecule has 0 radical (unpaired) electrons. The molecule has 230 valence electrons. The second-order valence-electron chi connectivity index (χ2n) is 11.6. The number of nitrogens with zero attached hydrogens (tertiary/aromatic N) is 7. The smallest absolute Gasteiger partial charge is 0.421 e. The van der Waals surface area contributed by atoms with Gasteiger partial charge in [0.15, 0.2) is 11.5 Å². The van der Waals surface area contributed by atoms with Gasteiger partial charge in [-0.3, -0.25) is 0 Å². The van der Waals surface area contributed by atoms with E-state index < -0.39 is 17.6 Å². The zero-order valence-corrected chi connectivity index (χ0v) is 25.1. The first kappa shape index (κ1) is 30.5. The van der Waals surface area contributed by atoms with Crippen molar-refractivity contribution in [3.63, 3.8) is 0 Å². The van der Waals surface area contributed by atoms with E-state index in [1.54, 1.807) is 32.5 Å². The van der Waals surface area contributed by atoms with Crippen molar-refractivity contribution in [3.8, 4) is 28.7 Å². The molecule has 0 amide bonds. The molecular weight excluding hydrogens is 561 g/mol. The number of piperidine rings is 1. The maximum absolute atomic E-state index is 13.9. The predicted molar refractivity (Wildman–Crippen MR) is 159 cm³/mol. The van der Waals surface area contributed by atoms with Gasteiger partial charge in [0, 0.05) is 51.0 Å². The van der Waals surface area contributed by atoms with Crippen LogP contribution in [0.4, 0.5) is 24.7 Å². The Morgan fingerprint density at radius 3 is 2.40 bits per heavy atom. The van der Waals surface area contributed by atoms with Gasteiger partial charge in [-0.2, -0.15) is 13.2 Å². The summed E-state index contributed by atoms with van der Waals surface area (Å²) in [4.78, 5) is 30.2. The Morgan fingerprint density at radius 1 is 0.977 bits per heavy atom. The summed E-state index contributed by atoms with van der Waals surface area (Å²) in [7, 11) is 3.57. The first-order chi connectivity index (χ1) is 20.5. The molecule has 0 aliphatic carbocycles. The fourth-order valence-corrected chi connectivity index (χ4v) is 5.48. The van der Waals surface area contributed by atoms with Crippen LogP contribution in [0.25, 0.3) is 33.9 Å². The third-order valence-electron chi connectivity index (χ3n) is 7.35. The molecule has 0 spiro atoms. The summed E-state index contributed by atoms with van der Waals surface area (Å²) in [6.07, 6.45) is 3.60. The molecule has 0 saturated carbocycles. The first-order valence-corrected chi connectivity index (χ1v) is 14.4. The minimum atomic E-state index is -4.65. The van der Waals surface area contributed by atoms with Gasteiger partial charge in [0.2, 0.25) is 5.88 Å². The molecule has 5 rings (SSSR count). The van der Waals surface area contributed by atoms with Crippen LogP contribution in [0.5, 0.6) is 5.88 Å². The Labute approximate surface area is 248 Å². The molecule has 0 bridgehead atoms. The highest BCUT2D eigenvalue weighted by atomic mass is 19.4. The van der Waals surface area contributed by atoms with Crippen molar-refractivity contribution in [1.29, 1.82) is 0 Å². The standard InChI is InChI=1S/C30H37F3N8O2/c1-6-43-28-20(30(31,32)33)12-19(14-36-28)21-13-23(40(4)17-29(2,3)18-42-5)25-27(37-21)39-26(38-25)22-15-35-24(16-34-22)41-10-8-7-9-11-41/h12-16H,6-11,17-18H2,1-5H3,(H,37,38,39). The van der Waals surface area contributed by atoms with E-state index >= 15 is 0 Å².